The maximum absolute atomic E-state index is 13.3. The highest BCUT2D eigenvalue weighted by Gasteiger charge is 2.12. The van der Waals surface area contributed by atoms with Gasteiger partial charge in [0.25, 0.3) is 0 Å². The Morgan fingerprint density at radius 3 is 2.25 bits per heavy atom. The first-order valence-corrected chi connectivity index (χ1v) is 6.49. The van der Waals surface area contributed by atoms with Crippen LogP contribution in [0.25, 0.3) is 0 Å². The number of hydrogen-bond acceptors (Lipinski definition) is 0. The van der Waals surface area contributed by atoms with Crippen molar-refractivity contribution in [2.75, 3.05) is 0 Å². The van der Waals surface area contributed by atoms with E-state index in [0.717, 1.165) is 12.8 Å². The van der Waals surface area contributed by atoms with Crippen molar-refractivity contribution in [2.45, 2.75) is 37.9 Å². The molecular weight excluding hydrogens is 274 g/mol. The zero-order valence-corrected chi connectivity index (χ0v) is 11.2. The van der Waals surface area contributed by atoms with E-state index >= 15 is 0 Å². The first kappa shape index (κ1) is 13.6. The van der Waals surface area contributed by atoms with Gasteiger partial charge in [0.1, 0.15) is 11.6 Å². The van der Waals surface area contributed by atoms with Gasteiger partial charge in [-0.1, -0.05) is 35.8 Å². The number of benzene rings is 1. The predicted molar refractivity (Wildman–Crippen MR) is 66.8 cm³/mol. The van der Waals surface area contributed by atoms with E-state index in [2.05, 4.69) is 29.8 Å². The Morgan fingerprint density at radius 2 is 1.75 bits per heavy atom. The smallest absolute Gasteiger partial charge is 0.129 e. The Bertz CT molecular complexity index is 316. The summed E-state index contributed by atoms with van der Waals surface area (Å²) < 4.78 is 26.6. The van der Waals surface area contributed by atoms with Gasteiger partial charge in [-0.25, -0.2) is 8.78 Å². The third-order valence-electron chi connectivity index (χ3n) is 2.50. The van der Waals surface area contributed by atoms with E-state index in [-0.39, 0.29) is 5.56 Å². The van der Waals surface area contributed by atoms with Gasteiger partial charge in [0.15, 0.2) is 0 Å². The molecule has 1 rings (SSSR count). The van der Waals surface area contributed by atoms with Crippen LogP contribution in [0.5, 0.6) is 0 Å². The second kappa shape index (κ2) is 6.33. The minimum atomic E-state index is -0.441. The Kier molecular flexibility index (Phi) is 5.39. The summed E-state index contributed by atoms with van der Waals surface area (Å²) in [4.78, 5) is 0.325. The van der Waals surface area contributed by atoms with Crippen LogP contribution in [0.4, 0.5) is 8.78 Å². The van der Waals surface area contributed by atoms with E-state index in [1.807, 2.05) is 0 Å². The summed E-state index contributed by atoms with van der Waals surface area (Å²) in [5.41, 5.74) is 0.204. The van der Waals surface area contributed by atoms with Crippen LogP contribution in [0.2, 0.25) is 0 Å². The third-order valence-corrected chi connectivity index (χ3v) is 3.33. The summed E-state index contributed by atoms with van der Waals surface area (Å²) in [6.45, 7) is 4.27. The summed E-state index contributed by atoms with van der Waals surface area (Å²) in [7, 11) is 0. The molecule has 0 nitrogen and oxygen atoms in total. The minimum Gasteiger partial charge on any atom is -0.207 e. The zero-order chi connectivity index (χ0) is 12.1. The summed E-state index contributed by atoms with van der Waals surface area (Å²) >= 11 is 3.54. The van der Waals surface area contributed by atoms with Crippen molar-refractivity contribution in [1.82, 2.24) is 0 Å². The minimum absolute atomic E-state index is 0.204. The molecule has 0 amide bonds. The Hall–Kier alpha value is -0.440. The molecule has 0 aliphatic carbocycles. The van der Waals surface area contributed by atoms with E-state index in [1.54, 1.807) is 0 Å². The largest absolute Gasteiger partial charge is 0.207 e. The molecule has 1 atom stereocenters. The second-order valence-electron chi connectivity index (χ2n) is 4.47. The van der Waals surface area contributed by atoms with Crippen LogP contribution in [-0.2, 0) is 6.42 Å². The number of alkyl halides is 1. The topological polar surface area (TPSA) is 0 Å². The van der Waals surface area contributed by atoms with E-state index in [1.165, 1.54) is 18.2 Å². The normalized spacial score (nSPS) is 13.1. The van der Waals surface area contributed by atoms with Crippen LogP contribution in [-0.4, -0.2) is 4.83 Å². The van der Waals surface area contributed by atoms with Gasteiger partial charge in [-0.3, -0.25) is 0 Å². The molecule has 0 aromatic heterocycles. The number of rotatable bonds is 5. The molecule has 1 aromatic carbocycles. The first-order valence-electron chi connectivity index (χ1n) is 5.57. The van der Waals surface area contributed by atoms with Crippen molar-refractivity contribution in [3.8, 4) is 0 Å². The average molecular weight is 291 g/mol. The highest BCUT2D eigenvalue weighted by Crippen LogP contribution is 2.21. The lowest BCUT2D eigenvalue weighted by Crippen LogP contribution is -2.06. The van der Waals surface area contributed by atoms with Crippen LogP contribution in [0, 0.1) is 17.6 Å². The molecule has 0 bridgehead atoms. The molecule has 0 spiro atoms. The van der Waals surface area contributed by atoms with Crippen LogP contribution in [0.15, 0.2) is 18.2 Å². The second-order valence-corrected chi connectivity index (χ2v) is 5.76. The zero-order valence-electron chi connectivity index (χ0n) is 9.64. The fourth-order valence-electron chi connectivity index (χ4n) is 1.70. The molecule has 1 unspecified atom stereocenters. The Labute approximate surface area is 104 Å². The maximum atomic E-state index is 13.3. The quantitative estimate of drug-likeness (QED) is 0.689. The van der Waals surface area contributed by atoms with Crippen molar-refractivity contribution in [3.63, 3.8) is 0 Å². The van der Waals surface area contributed by atoms with Gasteiger partial charge in [-0.05, 0) is 37.3 Å². The number of halogens is 3. The number of hydrogen-bond donors (Lipinski definition) is 0. The van der Waals surface area contributed by atoms with E-state index in [9.17, 15) is 8.78 Å². The molecule has 0 N–H and O–H groups in total. The van der Waals surface area contributed by atoms with Gasteiger partial charge in [-0.15, -0.1) is 0 Å². The fourth-order valence-corrected chi connectivity index (χ4v) is 2.68. The lowest BCUT2D eigenvalue weighted by atomic mass is 10.0. The van der Waals surface area contributed by atoms with Gasteiger partial charge in [0.05, 0.1) is 0 Å². The molecular formula is C13H17BrF2. The molecule has 0 aliphatic heterocycles. The Balaban J connectivity index is 2.54. The van der Waals surface area contributed by atoms with Crippen LogP contribution >= 0.6 is 15.9 Å². The van der Waals surface area contributed by atoms with Gasteiger partial charge >= 0.3 is 0 Å². The van der Waals surface area contributed by atoms with Crippen molar-refractivity contribution >= 4 is 15.9 Å². The molecule has 0 radical (unpaired) electrons. The van der Waals surface area contributed by atoms with Crippen molar-refractivity contribution in [2.24, 2.45) is 5.92 Å². The highest BCUT2D eigenvalue weighted by molar-refractivity contribution is 9.09. The van der Waals surface area contributed by atoms with Gasteiger partial charge in [0, 0.05) is 10.4 Å². The maximum Gasteiger partial charge on any atom is 0.129 e. The molecule has 0 aliphatic rings. The summed E-state index contributed by atoms with van der Waals surface area (Å²) in [6.07, 6.45) is 2.23. The van der Waals surface area contributed by atoms with E-state index in [0.29, 0.717) is 17.2 Å². The SMILES string of the molecule is CC(C)CC(Br)CCc1c(F)cccc1F. The van der Waals surface area contributed by atoms with E-state index < -0.39 is 11.6 Å². The lowest BCUT2D eigenvalue weighted by molar-refractivity contribution is 0.526. The highest BCUT2D eigenvalue weighted by atomic mass is 79.9. The third kappa shape index (κ3) is 4.20. The molecule has 0 saturated carbocycles. The summed E-state index contributed by atoms with van der Waals surface area (Å²) in [6, 6.07) is 4.02. The van der Waals surface area contributed by atoms with Crippen molar-refractivity contribution < 1.29 is 8.78 Å². The van der Waals surface area contributed by atoms with Gasteiger partial charge in [0.2, 0.25) is 0 Å². The lowest BCUT2D eigenvalue weighted by Gasteiger charge is -2.12. The van der Waals surface area contributed by atoms with Gasteiger partial charge < -0.3 is 0 Å². The standard InChI is InChI=1S/C13H17BrF2/c1-9(2)8-10(14)6-7-11-12(15)4-3-5-13(11)16/h3-5,9-10H,6-8H2,1-2H3. The molecule has 1 aromatic rings. The Morgan fingerprint density at radius 1 is 1.19 bits per heavy atom. The first-order chi connectivity index (χ1) is 7.50. The molecule has 0 fully saturated rings. The van der Waals surface area contributed by atoms with Gasteiger partial charge in [-0.2, -0.15) is 0 Å². The van der Waals surface area contributed by atoms with Crippen LogP contribution in [0.1, 0.15) is 32.3 Å². The van der Waals surface area contributed by atoms with E-state index in [4.69, 9.17) is 0 Å². The van der Waals surface area contributed by atoms with Crippen molar-refractivity contribution in [1.29, 1.82) is 0 Å². The fraction of sp³-hybridized carbons (Fsp3) is 0.538. The summed E-state index contributed by atoms with van der Waals surface area (Å²) in [5, 5.41) is 0. The molecule has 0 saturated heterocycles. The van der Waals surface area contributed by atoms with Crippen LogP contribution < -0.4 is 0 Å². The van der Waals surface area contributed by atoms with Crippen molar-refractivity contribution in [3.05, 3.63) is 35.4 Å². The molecule has 0 heterocycles. The summed E-state index contributed by atoms with van der Waals surface area (Å²) in [5.74, 6) is -0.289. The molecule has 16 heavy (non-hydrogen) atoms. The average Bonchev–Trinajstić information content (AvgIpc) is 2.15. The molecule has 90 valence electrons. The molecule has 3 heteroatoms. The predicted octanol–water partition coefficient (Wildman–Crippen LogP) is 4.71. The van der Waals surface area contributed by atoms with Crippen LogP contribution in [0.3, 0.4) is 0 Å². The monoisotopic (exact) mass is 290 g/mol.